The summed E-state index contributed by atoms with van der Waals surface area (Å²) < 4.78 is 0. The van der Waals surface area contributed by atoms with Crippen molar-refractivity contribution in [2.75, 3.05) is 0 Å². The average Bonchev–Trinajstić information content (AvgIpc) is 3.11. The second-order valence-electron chi connectivity index (χ2n) is 11.1. The number of hydrogen-bond acceptors (Lipinski definition) is 3. The van der Waals surface area contributed by atoms with Crippen LogP contribution in [0.1, 0.15) is 92.6 Å². The van der Waals surface area contributed by atoms with Crippen molar-refractivity contribution < 1.29 is 9.59 Å². The quantitative estimate of drug-likeness (QED) is 0.685. The van der Waals surface area contributed by atoms with Gasteiger partial charge in [0.05, 0.1) is 0 Å². The maximum absolute atomic E-state index is 13.0. The van der Waals surface area contributed by atoms with E-state index in [2.05, 4.69) is 36.3 Å². The third-order valence-corrected chi connectivity index (χ3v) is 8.49. The Morgan fingerprint density at radius 2 is 1.94 bits per heavy atom. The molecule has 2 heterocycles. The molecule has 4 aliphatic rings. The van der Waals surface area contributed by atoms with Gasteiger partial charge in [-0.3, -0.25) is 9.59 Å². The lowest BCUT2D eigenvalue weighted by Gasteiger charge is -2.38. The summed E-state index contributed by atoms with van der Waals surface area (Å²) in [5, 5.41) is 6.89. The molecule has 2 aliphatic heterocycles. The van der Waals surface area contributed by atoms with E-state index in [1.807, 2.05) is 6.07 Å². The van der Waals surface area contributed by atoms with Gasteiger partial charge in [0.1, 0.15) is 6.04 Å². The van der Waals surface area contributed by atoms with Crippen molar-refractivity contribution in [1.29, 1.82) is 0 Å². The van der Waals surface area contributed by atoms with E-state index < -0.39 is 0 Å². The number of amides is 2. The molecule has 5 nitrogen and oxygen atoms in total. The highest BCUT2D eigenvalue weighted by molar-refractivity contribution is 6.01. The number of carbonyl (C=O) groups excluding carboxylic acids is 2. The molecule has 33 heavy (non-hydrogen) atoms. The second kappa shape index (κ2) is 9.61. The highest BCUT2D eigenvalue weighted by Gasteiger charge is 2.38. The Kier molecular flexibility index (Phi) is 6.60. The van der Waals surface area contributed by atoms with Crippen LogP contribution in [-0.2, 0) is 17.8 Å². The summed E-state index contributed by atoms with van der Waals surface area (Å²) in [5.74, 6) is 1.41. The minimum Gasteiger partial charge on any atom is -0.329 e. The molecule has 3 fully saturated rings. The first-order valence-electron chi connectivity index (χ1n) is 13.2. The summed E-state index contributed by atoms with van der Waals surface area (Å²) in [6, 6.07) is 7.30. The van der Waals surface area contributed by atoms with E-state index in [0.29, 0.717) is 31.0 Å². The van der Waals surface area contributed by atoms with Crippen molar-refractivity contribution in [3.63, 3.8) is 0 Å². The Morgan fingerprint density at radius 1 is 1.09 bits per heavy atom. The number of nitrogens with zero attached hydrogens (tertiary/aromatic N) is 1. The molecule has 2 saturated carbocycles. The van der Waals surface area contributed by atoms with Crippen molar-refractivity contribution in [3.8, 4) is 0 Å². The second-order valence-corrected chi connectivity index (χ2v) is 11.1. The Hall–Kier alpha value is -2.14. The average molecular weight is 450 g/mol. The molecule has 0 radical (unpaired) electrons. The van der Waals surface area contributed by atoms with E-state index in [-0.39, 0.29) is 17.9 Å². The Balaban J connectivity index is 1.25. The van der Waals surface area contributed by atoms with Crippen molar-refractivity contribution in [3.05, 3.63) is 47.2 Å². The van der Waals surface area contributed by atoms with Crippen LogP contribution >= 0.6 is 0 Å². The summed E-state index contributed by atoms with van der Waals surface area (Å²) in [7, 11) is 0. The third-order valence-electron chi connectivity index (χ3n) is 8.49. The highest BCUT2D eigenvalue weighted by atomic mass is 16.2. The maximum Gasteiger partial charge on any atom is 0.255 e. The molecule has 0 spiro atoms. The van der Waals surface area contributed by atoms with Gasteiger partial charge in [-0.25, -0.2) is 0 Å². The number of piperidine rings is 1. The van der Waals surface area contributed by atoms with Gasteiger partial charge in [0.25, 0.3) is 5.91 Å². The molecule has 2 amide bonds. The molecular weight excluding hydrogens is 410 g/mol. The molecule has 5 rings (SSSR count). The summed E-state index contributed by atoms with van der Waals surface area (Å²) in [4.78, 5) is 27.3. The SMILES string of the molecule is C=C1CCC(N2Cc3cc(C[C@H]4CCCC[C@@H]4N[C@@H]4CCC[C@H](C)C4)ccc3C2=O)C(=O)N1. The van der Waals surface area contributed by atoms with Crippen molar-refractivity contribution in [1.82, 2.24) is 15.5 Å². The van der Waals surface area contributed by atoms with Gasteiger partial charge in [-0.1, -0.05) is 51.3 Å². The van der Waals surface area contributed by atoms with E-state index in [1.54, 1.807) is 4.90 Å². The minimum atomic E-state index is -0.386. The lowest BCUT2D eigenvalue weighted by atomic mass is 9.79. The number of nitrogens with one attached hydrogen (secondary N) is 2. The Morgan fingerprint density at radius 3 is 2.76 bits per heavy atom. The molecule has 5 heteroatoms. The Labute approximate surface area is 198 Å². The summed E-state index contributed by atoms with van der Waals surface area (Å²) in [6.45, 7) is 6.80. The first-order valence-corrected chi connectivity index (χ1v) is 13.2. The van der Waals surface area contributed by atoms with Gasteiger partial charge in [-0.2, -0.15) is 0 Å². The summed E-state index contributed by atoms with van der Waals surface area (Å²) >= 11 is 0. The van der Waals surface area contributed by atoms with E-state index >= 15 is 0 Å². The molecule has 1 aromatic carbocycles. The van der Waals surface area contributed by atoms with Gasteiger partial charge in [-0.05, 0) is 74.0 Å². The van der Waals surface area contributed by atoms with Crippen LogP contribution in [0, 0.1) is 11.8 Å². The monoisotopic (exact) mass is 449 g/mol. The van der Waals surface area contributed by atoms with Crippen LogP contribution in [0.4, 0.5) is 0 Å². The number of carbonyl (C=O) groups is 2. The van der Waals surface area contributed by atoms with Gasteiger partial charge < -0.3 is 15.5 Å². The molecule has 0 aromatic heterocycles. The first kappa shape index (κ1) is 22.6. The molecule has 1 unspecified atom stereocenters. The van der Waals surface area contributed by atoms with Crippen LogP contribution in [0.5, 0.6) is 0 Å². The highest BCUT2D eigenvalue weighted by Crippen LogP contribution is 2.33. The van der Waals surface area contributed by atoms with Gasteiger partial charge in [0.15, 0.2) is 0 Å². The molecule has 5 atom stereocenters. The lowest BCUT2D eigenvalue weighted by Crippen LogP contribution is -2.49. The van der Waals surface area contributed by atoms with E-state index in [0.717, 1.165) is 35.6 Å². The standard InChI is InChI=1S/C28H39N3O2/c1-18-6-5-8-23(14-18)30-25-9-4-3-7-21(25)15-20-11-12-24-22(16-20)17-31(28(24)33)26-13-10-19(2)29-27(26)32/h11-12,16,18,21,23,25-26,30H,2-10,13-15,17H2,1H3,(H,29,32)/t18-,21+,23+,25-,26?/m0/s1. The molecule has 0 bridgehead atoms. The zero-order valence-electron chi connectivity index (χ0n) is 20.1. The van der Waals surface area contributed by atoms with Crippen molar-refractivity contribution in [2.45, 2.75) is 102 Å². The number of hydrogen-bond donors (Lipinski definition) is 2. The number of benzene rings is 1. The van der Waals surface area contributed by atoms with Crippen LogP contribution in [-0.4, -0.2) is 34.8 Å². The molecular formula is C28H39N3O2. The maximum atomic E-state index is 13.0. The zero-order valence-corrected chi connectivity index (χ0v) is 20.1. The van der Waals surface area contributed by atoms with Gasteiger partial charge in [-0.15, -0.1) is 0 Å². The molecule has 178 valence electrons. The van der Waals surface area contributed by atoms with E-state index in [9.17, 15) is 9.59 Å². The van der Waals surface area contributed by atoms with E-state index in [4.69, 9.17) is 0 Å². The smallest absolute Gasteiger partial charge is 0.255 e. The normalized spacial score (nSPS) is 32.6. The third kappa shape index (κ3) is 4.89. The van der Waals surface area contributed by atoms with Crippen LogP contribution in [0.15, 0.2) is 30.5 Å². The first-order chi connectivity index (χ1) is 16.0. The predicted octanol–water partition coefficient (Wildman–Crippen LogP) is 4.70. The van der Waals surface area contributed by atoms with Crippen LogP contribution in [0.25, 0.3) is 0 Å². The molecule has 2 N–H and O–H groups in total. The van der Waals surface area contributed by atoms with Gasteiger partial charge >= 0.3 is 0 Å². The molecule has 1 saturated heterocycles. The summed E-state index contributed by atoms with van der Waals surface area (Å²) in [6.07, 6.45) is 13.1. The fraction of sp³-hybridized carbons (Fsp3) is 0.643. The van der Waals surface area contributed by atoms with Crippen LogP contribution in [0.2, 0.25) is 0 Å². The van der Waals surface area contributed by atoms with Crippen molar-refractivity contribution >= 4 is 11.8 Å². The van der Waals surface area contributed by atoms with Crippen LogP contribution in [0.3, 0.4) is 0 Å². The van der Waals surface area contributed by atoms with Crippen LogP contribution < -0.4 is 10.6 Å². The van der Waals surface area contributed by atoms with E-state index in [1.165, 1.54) is 56.9 Å². The number of rotatable bonds is 5. The van der Waals surface area contributed by atoms with Gasteiger partial charge in [0.2, 0.25) is 5.91 Å². The fourth-order valence-electron chi connectivity index (χ4n) is 6.70. The number of fused-ring (bicyclic) bond motifs is 1. The minimum absolute atomic E-state index is 0.00663. The fourth-order valence-corrected chi connectivity index (χ4v) is 6.70. The van der Waals surface area contributed by atoms with Gasteiger partial charge in [0, 0.05) is 29.9 Å². The predicted molar refractivity (Wildman–Crippen MR) is 131 cm³/mol. The molecule has 1 aromatic rings. The van der Waals surface area contributed by atoms with Crippen molar-refractivity contribution in [2.24, 2.45) is 11.8 Å². The topological polar surface area (TPSA) is 61.4 Å². The summed E-state index contributed by atoms with van der Waals surface area (Å²) in [5.41, 5.74) is 3.93. The number of allylic oxidation sites excluding steroid dienone is 1. The lowest BCUT2D eigenvalue weighted by molar-refractivity contribution is -0.126. The Bertz CT molecular complexity index is 926. The largest absolute Gasteiger partial charge is 0.329 e. The molecule has 2 aliphatic carbocycles. The zero-order chi connectivity index (χ0) is 22.9.